The normalized spacial score (nSPS) is 16.1. The maximum atomic E-state index is 5.74. The van der Waals surface area contributed by atoms with Crippen LogP contribution in [0, 0.1) is 5.92 Å². The van der Waals surface area contributed by atoms with Gasteiger partial charge in [0.2, 0.25) is 5.88 Å². The minimum absolute atomic E-state index is 0.253. The summed E-state index contributed by atoms with van der Waals surface area (Å²) in [7, 11) is 0. The number of nitrogen functional groups attached to an aromatic ring is 1. The molecule has 1 fully saturated rings. The molecule has 0 atom stereocenters. The van der Waals surface area contributed by atoms with Gasteiger partial charge in [-0.2, -0.15) is 4.98 Å². The Morgan fingerprint density at radius 3 is 2.93 bits per heavy atom. The largest absolute Gasteiger partial charge is 0.476 e. The number of hydrogen-bond donors (Lipinski definition) is 1. The van der Waals surface area contributed by atoms with Gasteiger partial charge in [-0.1, -0.05) is 30.9 Å². The van der Waals surface area contributed by atoms with Crippen molar-refractivity contribution in [1.29, 1.82) is 0 Å². The van der Waals surface area contributed by atoms with Crippen molar-refractivity contribution in [2.75, 3.05) is 12.3 Å². The molecule has 0 bridgehead atoms. The number of nitrogens with zero attached hydrogens (tertiary/aromatic N) is 2. The Labute approximate surface area is 93.8 Å². The second-order valence-corrected chi connectivity index (χ2v) is 4.18. The lowest BCUT2D eigenvalue weighted by molar-refractivity contribution is 0.218. The van der Waals surface area contributed by atoms with E-state index in [0.717, 1.165) is 12.3 Å². The number of ether oxygens (including phenoxy) is 1. The summed E-state index contributed by atoms with van der Waals surface area (Å²) in [6, 6.07) is 0. The topological polar surface area (TPSA) is 61.0 Å². The van der Waals surface area contributed by atoms with Gasteiger partial charge in [0, 0.05) is 0 Å². The first kappa shape index (κ1) is 10.5. The molecule has 0 aliphatic heterocycles. The zero-order chi connectivity index (χ0) is 10.7. The van der Waals surface area contributed by atoms with E-state index in [1.807, 2.05) is 0 Å². The van der Waals surface area contributed by atoms with Crippen LogP contribution in [-0.2, 0) is 0 Å². The standard InChI is InChI=1S/C10H14ClN3O/c11-9-8(12)10(14-6-13-9)15-5-4-7-2-1-3-7/h6-7H,1-5,12H2. The molecule has 1 aromatic rings. The fraction of sp³-hybridized carbons (Fsp3) is 0.600. The van der Waals surface area contributed by atoms with Crippen molar-refractivity contribution in [3.63, 3.8) is 0 Å². The molecule has 2 rings (SSSR count). The molecule has 1 heterocycles. The molecule has 0 unspecified atom stereocenters. The highest BCUT2D eigenvalue weighted by molar-refractivity contribution is 6.32. The molecule has 1 aromatic heterocycles. The SMILES string of the molecule is Nc1c(Cl)ncnc1OCCC1CCC1. The lowest BCUT2D eigenvalue weighted by atomic mass is 9.83. The maximum absolute atomic E-state index is 5.74. The number of anilines is 1. The summed E-state index contributed by atoms with van der Waals surface area (Å²) in [4.78, 5) is 7.70. The first-order valence-electron chi connectivity index (χ1n) is 5.16. The van der Waals surface area contributed by atoms with Crippen molar-refractivity contribution in [1.82, 2.24) is 9.97 Å². The van der Waals surface area contributed by atoms with Crippen LogP contribution in [0.25, 0.3) is 0 Å². The van der Waals surface area contributed by atoms with E-state index in [1.54, 1.807) is 0 Å². The monoisotopic (exact) mass is 227 g/mol. The molecule has 82 valence electrons. The van der Waals surface area contributed by atoms with Gasteiger partial charge in [-0.3, -0.25) is 0 Å². The Morgan fingerprint density at radius 1 is 1.47 bits per heavy atom. The van der Waals surface area contributed by atoms with E-state index in [2.05, 4.69) is 9.97 Å². The molecule has 15 heavy (non-hydrogen) atoms. The van der Waals surface area contributed by atoms with Crippen molar-refractivity contribution >= 4 is 17.3 Å². The van der Waals surface area contributed by atoms with Gasteiger partial charge in [-0.25, -0.2) is 4.98 Å². The number of halogens is 1. The van der Waals surface area contributed by atoms with Crippen LogP contribution in [0.2, 0.25) is 5.15 Å². The highest BCUT2D eigenvalue weighted by atomic mass is 35.5. The van der Waals surface area contributed by atoms with E-state index < -0.39 is 0 Å². The molecule has 0 spiro atoms. The molecule has 1 aliphatic carbocycles. The minimum atomic E-state index is 0.253. The van der Waals surface area contributed by atoms with Crippen molar-refractivity contribution in [3.05, 3.63) is 11.5 Å². The van der Waals surface area contributed by atoms with Crippen molar-refractivity contribution in [2.24, 2.45) is 5.92 Å². The zero-order valence-electron chi connectivity index (χ0n) is 8.45. The summed E-state index contributed by atoms with van der Waals surface area (Å²) >= 11 is 5.74. The highest BCUT2D eigenvalue weighted by Crippen LogP contribution is 2.30. The van der Waals surface area contributed by atoms with Crippen LogP contribution in [-0.4, -0.2) is 16.6 Å². The Kier molecular flexibility index (Phi) is 3.26. The smallest absolute Gasteiger partial charge is 0.241 e. The Balaban J connectivity index is 1.84. The van der Waals surface area contributed by atoms with Gasteiger partial charge in [0.15, 0.2) is 5.15 Å². The summed E-state index contributed by atoms with van der Waals surface area (Å²) in [5.41, 5.74) is 5.99. The van der Waals surface area contributed by atoms with Crippen molar-refractivity contribution in [2.45, 2.75) is 25.7 Å². The van der Waals surface area contributed by atoms with E-state index in [9.17, 15) is 0 Å². The Bertz CT molecular complexity index is 341. The van der Waals surface area contributed by atoms with Crippen LogP contribution in [0.4, 0.5) is 5.69 Å². The fourth-order valence-electron chi connectivity index (χ4n) is 1.58. The second-order valence-electron chi connectivity index (χ2n) is 3.82. The molecule has 0 saturated heterocycles. The predicted molar refractivity (Wildman–Crippen MR) is 58.9 cm³/mol. The van der Waals surface area contributed by atoms with Gasteiger partial charge in [-0.05, 0) is 12.3 Å². The molecule has 0 radical (unpaired) electrons. The van der Waals surface area contributed by atoms with Crippen molar-refractivity contribution < 1.29 is 4.74 Å². The molecule has 1 aliphatic rings. The lowest BCUT2D eigenvalue weighted by Gasteiger charge is -2.24. The van der Waals surface area contributed by atoms with E-state index >= 15 is 0 Å². The van der Waals surface area contributed by atoms with E-state index in [0.29, 0.717) is 18.2 Å². The first-order valence-corrected chi connectivity index (χ1v) is 5.54. The summed E-state index contributed by atoms with van der Waals surface area (Å²) in [6.07, 6.45) is 6.43. The summed E-state index contributed by atoms with van der Waals surface area (Å²) < 4.78 is 5.46. The maximum Gasteiger partial charge on any atom is 0.241 e. The van der Waals surface area contributed by atoms with Crippen LogP contribution in [0.1, 0.15) is 25.7 Å². The van der Waals surface area contributed by atoms with Crippen LogP contribution >= 0.6 is 11.6 Å². The number of aromatic nitrogens is 2. The average Bonchev–Trinajstić information content (AvgIpc) is 2.16. The Morgan fingerprint density at radius 2 is 2.27 bits per heavy atom. The summed E-state index contributed by atoms with van der Waals surface area (Å²) in [6.45, 7) is 0.655. The van der Waals surface area contributed by atoms with Gasteiger partial charge in [0.1, 0.15) is 12.0 Å². The van der Waals surface area contributed by atoms with Gasteiger partial charge < -0.3 is 10.5 Å². The fourth-order valence-corrected chi connectivity index (χ4v) is 1.70. The quantitative estimate of drug-likeness (QED) is 0.802. The summed E-state index contributed by atoms with van der Waals surface area (Å²) in [5.74, 6) is 1.22. The van der Waals surface area contributed by atoms with Gasteiger partial charge in [0.05, 0.1) is 6.61 Å². The third kappa shape index (κ3) is 2.50. The Hall–Kier alpha value is -1.03. The first-order chi connectivity index (χ1) is 7.27. The molecule has 5 heteroatoms. The lowest BCUT2D eigenvalue weighted by Crippen LogP contribution is -2.15. The van der Waals surface area contributed by atoms with Gasteiger partial charge in [0.25, 0.3) is 0 Å². The van der Waals surface area contributed by atoms with E-state index in [-0.39, 0.29) is 5.15 Å². The predicted octanol–water partition coefficient (Wildman–Crippen LogP) is 2.28. The molecule has 0 aromatic carbocycles. The average molecular weight is 228 g/mol. The van der Waals surface area contributed by atoms with Crippen molar-refractivity contribution in [3.8, 4) is 5.88 Å². The number of rotatable bonds is 4. The second kappa shape index (κ2) is 4.66. The van der Waals surface area contributed by atoms with Crippen LogP contribution in [0.15, 0.2) is 6.33 Å². The number of nitrogens with two attached hydrogens (primary N) is 1. The summed E-state index contributed by atoms with van der Waals surface area (Å²) in [5, 5.41) is 0.253. The molecular weight excluding hydrogens is 214 g/mol. The van der Waals surface area contributed by atoms with Crippen LogP contribution in [0.3, 0.4) is 0 Å². The number of hydrogen-bond acceptors (Lipinski definition) is 4. The third-order valence-electron chi connectivity index (χ3n) is 2.79. The van der Waals surface area contributed by atoms with E-state index in [4.69, 9.17) is 22.1 Å². The molecule has 1 saturated carbocycles. The third-order valence-corrected chi connectivity index (χ3v) is 3.09. The minimum Gasteiger partial charge on any atom is -0.476 e. The molecule has 2 N–H and O–H groups in total. The molecular formula is C10H14ClN3O. The van der Waals surface area contributed by atoms with Gasteiger partial charge in [-0.15, -0.1) is 0 Å². The van der Waals surface area contributed by atoms with E-state index in [1.165, 1.54) is 25.6 Å². The zero-order valence-corrected chi connectivity index (χ0v) is 9.20. The molecule has 4 nitrogen and oxygen atoms in total. The van der Waals surface area contributed by atoms with Gasteiger partial charge >= 0.3 is 0 Å². The molecule has 0 amide bonds. The highest BCUT2D eigenvalue weighted by Gasteiger charge is 2.17. The van der Waals surface area contributed by atoms with Crippen LogP contribution in [0.5, 0.6) is 5.88 Å². The van der Waals surface area contributed by atoms with Crippen LogP contribution < -0.4 is 10.5 Å².